The molecule has 0 aromatic rings. The molecule has 0 saturated carbocycles. The van der Waals surface area contributed by atoms with Gasteiger partial charge in [0, 0.05) is 20.0 Å². The Morgan fingerprint density at radius 3 is 2.86 bits per heavy atom. The number of carbonyl (C=O) groups excluding carboxylic acids is 1. The maximum Gasteiger partial charge on any atom is 0.219 e. The van der Waals surface area contributed by atoms with Crippen LogP contribution in [0.3, 0.4) is 0 Å². The van der Waals surface area contributed by atoms with Crippen LogP contribution in [0.1, 0.15) is 46.5 Å². The van der Waals surface area contributed by atoms with Crippen molar-refractivity contribution in [2.24, 2.45) is 11.8 Å². The lowest BCUT2D eigenvalue weighted by atomic mass is 9.88. The predicted molar refractivity (Wildman–Crippen MR) is 59.1 cm³/mol. The van der Waals surface area contributed by atoms with Gasteiger partial charge in [0.15, 0.2) is 0 Å². The number of rotatable bonds is 3. The molecule has 82 valence electrons. The summed E-state index contributed by atoms with van der Waals surface area (Å²) in [5, 5.41) is 0. The van der Waals surface area contributed by atoms with Crippen LogP contribution >= 0.6 is 0 Å². The fraction of sp³-hybridized carbons (Fsp3) is 0.917. The molecule has 1 amide bonds. The predicted octanol–water partition coefficient (Wildman–Crippen LogP) is 2.68. The zero-order valence-electron chi connectivity index (χ0n) is 9.75. The molecular weight excluding hydrogens is 174 g/mol. The molecule has 0 aromatic carbocycles. The van der Waals surface area contributed by atoms with Crippen LogP contribution in [0.5, 0.6) is 0 Å². The number of carbonyl (C=O) groups is 1. The van der Waals surface area contributed by atoms with E-state index < -0.39 is 0 Å². The third kappa shape index (κ3) is 3.32. The van der Waals surface area contributed by atoms with Crippen molar-refractivity contribution in [2.75, 3.05) is 13.1 Å². The Labute approximate surface area is 87.7 Å². The summed E-state index contributed by atoms with van der Waals surface area (Å²) in [7, 11) is 0. The van der Waals surface area contributed by atoms with Crippen LogP contribution in [0.4, 0.5) is 0 Å². The lowest BCUT2D eigenvalue weighted by Gasteiger charge is -2.33. The third-order valence-electron chi connectivity index (χ3n) is 3.40. The van der Waals surface area contributed by atoms with Gasteiger partial charge in [-0.3, -0.25) is 4.79 Å². The lowest BCUT2D eigenvalue weighted by molar-refractivity contribution is -0.130. The van der Waals surface area contributed by atoms with Crippen LogP contribution in [-0.2, 0) is 4.79 Å². The van der Waals surface area contributed by atoms with E-state index in [4.69, 9.17) is 0 Å². The monoisotopic (exact) mass is 197 g/mol. The topological polar surface area (TPSA) is 20.3 Å². The quantitative estimate of drug-likeness (QED) is 0.681. The van der Waals surface area contributed by atoms with E-state index in [9.17, 15) is 4.79 Å². The Morgan fingerprint density at radius 2 is 2.29 bits per heavy atom. The molecule has 1 aliphatic heterocycles. The first-order valence-corrected chi connectivity index (χ1v) is 5.89. The van der Waals surface area contributed by atoms with E-state index in [1.54, 1.807) is 6.92 Å². The first kappa shape index (κ1) is 11.5. The van der Waals surface area contributed by atoms with E-state index in [1.165, 1.54) is 25.7 Å². The first-order valence-electron chi connectivity index (χ1n) is 5.89. The summed E-state index contributed by atoms with van der Waals surface area (Å²) < 4.78 is 0. The van der Waals surface area contributed by atoms with E-state index >= 15 is 0 Å². The minimum atomic E-state index is 0.249. The van der Waals surface area contributed by atoms with Gasteiger partial charge in [0.05, 0.1) is 0 Å². The molecule has 2 nitrogen and oxygen atoms in total. The maximum absolute atomic E-state index is 11.2. The Kier molecular flexibility index (Phi) is 4.43. The van der Waals surface area contributed by atoms with Crippen LogP contribution in [0.15, 0.2) is 0 Å². The van der Waals surface area contributed by atoms with Gasteiger partial charge in [0.2, 0.25) is 5.91 Å². The Hall–Kier alpha value is -0.530. The number of nitrogens with zero attached hydrogens (tertiary/aromatic N) is 1. The van der Waals surface area contributed by atoms with Gasteiger partial charge in [-0.1, -0.05) is 20.3 Å². The van der Waals surface area contributed by atoms with Crippen LogP contribution < -0.4 is 0 Å². The van der Waals surface area contributed by atoms with Crippen LogP contribution in [0.25, 0.3) is 0 Å². The average molecular weight is 197 g/mol. The standard InChI is InChI=1S/C12H23NO/c1-4-10(2)8-12-6-5-7-13(9-12)11(3)14/h10,12H,4-9H2,1-3H3. The summed E-state index contributed by atoms with van der Waals surface area (Å²) in [5.41, 5.74) is 0. The highest BCUT2D eigenvalue weighted by Gasteiger charge is 2.22. The maximum atomic E-state index is 11.2. The fourth-order valence-corrected chi connectivity index (χ4v) is 2.28. The van der Waals surface area contributed by atoms with Crippen molar-refractivity contribution in [2.45, 2.75) is 46.5 Å². The van der Waals surface area contributed by atoms with Crippen LogP contribution in [0, 0.1) is 11.8 Å². The summed E-state index contributed by atoms with van der Waals surface area (Å²) in [6.45, 7) is 8.22. The number of piperidine rings is 1. The molecule has 0 N–H and O–H groups in total. The van der Waals surface area contributed by atoms with Gasteiger partial charge in [0.1, 0.15) is 0 Å². The van der Waals surface area contributed by atoms with Crippen molar-refractivity contribution < 1.29 is 4.79 Å². The molecule has 0 radical (unpaired) electrons. The molecule has 2 heteroatoms. The molecule has 1 rings (SSSR count). The number of hydrogen-bond acceptors (Lipinski definition) is 1. The van der Waals surface area contributed by atoms with Crippen LogP contribution in [-0.4, -0.2) is 23.9 Å². The minimum Gasteiger partial charge on any atom is -0.343 e. The molecule has 1 fully saturated rings. The van der Waals surface area contributed by atoms with Crippen molar-refractivity contribution in [1.82, 2.24) is 4.90 Å². The molecule has 1 saturated heterocycles. The van der Waals surface area contributed by atoms with Gasteiger partial charge in [-0.15, -0.1) is 0 Å². The van der Waals surface area contributed by atoms with E-state index in [0.717, 1.165) is 24.9 Å². The molecular formula is C12H23NO. The molecule has 1 heterocycles. The summed E-state index contributed by atoms with van der Waals surface area (Å²) in [6.07, 6.45) is 5.06. The first-order chi connectivity index (χ1) is 6.63. The largest absolute Gasteiger partial charge is 0.343 e. The molecule has 14 heavy (non-hydrogen) atoms. The second-order valence-electron chi connectivity index (χ2n) is 4.72. The molecule has 0 bridgehead atoms. The zero-order valence-corrected chi connectivity index (χ0v) is 9.75. The SMILES string of the molecule is CCC(C)CC1CCCN(C(C)=O)C1. The highest BCUT2D eigenvalue weighted by atomic mass is 16.2. The third-order valence-corrected chi connectivity index (χ3v) is 3.40. The highest BCUT2D eigenvalue weighted by Crippen LogP contribution is 2.24. The molecule has 0 aliphatic carbocycles. The lowest BCUT2D eigenvalue weighted by Crippen LogP contribution is -2.38. The zero-order chi connectivity index (χ0) is 10.6. The summed E-state index contributed by atoms with van der Waals surface area (Å²) in [4.78, 5) is 13.2. The van der Waals surface area contributed by atoms with Gasteiger partial charge >= 0.3 is 0 Å². The fourth-order valence-electron chi connectivity index (χ4n) is 2.28. The molecule has 2 atom stereocenters. The van der Waals surface area contributed by atoms with Crippen molar-refractivity contribution in [3.63, 3.8) is 0 Å². The van der Waals surface area contributed by atoms with Crippen LogP contribution in [0.2, 0.25) is 0 Å². The number of likely N-dealkylation sites (tertiary alicyclic amines) is 1. The van der Waals surface area contributed by atoms with Gasteiger partial charge in [-0.25, -0.2) is 0 Å². The summed E-state index contributed by atoms with van der Waals surface area (Å²) >= 11 is 0. The smallest absolute Gasteiger partial charge is 0.219 e. The van der Waals surface area contributed by atoms with E-state index in [2.05, 4.69) is 13.8 Å². The van der Waals surface area contributed by atoms with Gasteiger partial charge < -0.3 is 4.90 Å². The summed E-state index contributed by atoms with van der Waals surface area (Å²) in [5.74, 6) is 1.81. The van der Waals surface area contributed by atoms with E-state index in [0.29, 0.717) is 0 Å². The Morgan fingerprint density at radius 1 is 1.57 bits per heavy atom. The van der Waals surface area contributed by atoms with Crippen molar-refractivity contribution in [3.8, 4) is 0 Å². The molecule has 1 aliphatic rings. The van der Waals surface area contributed by atoms with Crippen molar-refractivity contribution in [3.05, 3.63) is 0 Å². The minimum absolute atomic E-state index is 0.249. The molecule has 0 aromatic heterocycles. The van der Waals surface area contributed by atoms with Crippen molar-refractivity contribution >= 4 is 5.91 Å². The normalized spacial score (nSPS) is 24.8. The van der Waals surface area contributed by atoms with E-state index in [-0.39, 0.29) is 5.91 Å². The van der Waals surface area contributed by atoms with Crippen molar-refractivity contribution in [1.29, 1.82) is 0 Å². The van der Waals surface area contributed by atoms with Gasteiger partial charge in [-0.05, 0) is 31.1 Å². The Bertz CT molecular complexity index is 191. The second-order valence-corrected chi connectivity index (χ2v) is 4.72. The summed E-state index contributed by atoms with van der Waals surface area (Å²) in [6, 6.07) is 0. The highest BCUT2D eigenvalue weighted by molar-refractivity contribution is 5.73. The molecule has 2 unspecified atom stereocenters. The second kappa shape index (κ2) is 5.38. The average Bonchev–Trinajstić information content (AvgIpc) is 2.18. The molecule has 0 spiro atoms. The number of hydrogen-bond donors (Lipinski definition) is 0. The number of amides is 1. The van der Waals surface area contributed by atoms with Gasteiger partial charge in [0.25, 0.3) is 0 Å². The van der Waals surface area contributed by atoms with E-state index in [1.807, 2.05) is 4.90 Å². The van der Waals surface area contributed by atoms with Gasteiger partial charge in [-0.2, -0.15) is 0 Å². The Balaban J connectivity index is 2.36.